The summed E-state index contributed by atoms with van der Waals surface area (Å²) in [6.45, 7) is 0. The van der Waals surface area contributed by atoms with Crippen molar-refractivity contribution in [3.63, 3.8) is 0 Å². The number of nitrogens with zero attached hydrogens (tertiary/aromatic N) is 3. The fraction of sp³-hybridized carbons (Fsp3) is 0. The highest BCUT2D eigenvalue weighted by Gasteiger charge is 2.09. The van der Waals surface area contributed by atoms with Gasteiger partial charge in [-0.2, -0.15) is 0 Å². The molecule has 3 N–H and O–H groups in total. The predicted molar refractivity (Wildman–Crippen MR) is 58.1 cm³/mol. The fourth-order valence-corrected chi connectivity index (χ4v) is 1.18. The molecular formula is C10H9N5O. The van der Waals surface area contributed by atoms with Gasteiger partial charge >= 0.3 is 0 Å². The van der Waals surface area contributed by atoms with Crippen molar-refractivity contribution in [1.29, 1.82) is 0 Å². The topological polar surface area (TPSA) is 93.8 Å². The summed E-state index contributed by atoms with van der Waals surface area (Å²) in [5.74, 6) is -0.189. The van der Waals surface area contributed by atoms with Crippen LogP contribution in [0, 0.1) is 0 Å². The van der Waals surface area contributed by atoms with Gasteiger partial charge in [0.1, 0.15) is 17.7 Å². The van der Waals surface area contributed by atoms with Gasteiger partial charge in [-0.05, 0) is 12.1 Å². The van der Waals surface area contributed by atoms with E-state index in [1.165, 1.54) is 12.5 Å². The summed E-state index contributed by atoms with van der Waals surface area (Å²) in [5.41, 5.74) is 6.22. The summed E-state index contributed by atoms with van der Waals surface area (Å²) in [6.07, 6.45) is 5.98. The lowest BCUT2D eigenvalue weighted by molar-refractivity contribution is 0.100. The van der Waals surface area contributed by atoms with Gasteiger partial charge in [0.25, 0.3) is 5.91 Å². The summed E-state index contributed by atoms with van der Waals surface area (Å²) < 4.78 is 0. The standard InChI is InChI=1S/C10H9N5O/c11-9(16)8-5-13-6-14-10(8)15-7-1-3-12-4-2-7/h1-6H,(H2,11,16)(H,12,13,14,15). The molecule has 6 heteroatoms. The van der Waals surface area contributed by atoms with Crippen LogP contribution in [-0.2, 0) is 0 Å². The lowest BCUT2D eigenvalue weighted by Gasteiger charge is -2.07. The Morgan fingerprint density at radius 1 is 1.25 bits per heavy atom. The average molecular weight is 215 g/mol. The highest BCUT2D eigenvalue weighted by molar-refractivity contribution is 5.97. The lowest BCUT2D eigenvalue weighted by Crippen LogP contribution is -2.14. The van der Waals surface area contributed by atoms with E-state index in [1.807, 2.05) is 0 Å². The second-order valence-corrected chi connectivity index (χ2v) is 3.01. The summed E-state index contributed by atoms with van der Waals surface area (Å²) in [7, 11) is 0. The minimum Gasteiger partial charge on any atom is -0.365 e. The van der Waals surface area contributed by atoms with Crippen LogP contribution in [0.2, 0.25) is 0 Å². The molecular weight excluding hydrogens is 206 g/mol. The van der Waals surface area contributed by atoms with Gasteiger partial charge in [0.05, 0.1) is 0 Å². The average Bonchev–Trinajstić information content (AvgIpc) is 2.31. The molecule has 0 aliphatic carbocycles. The first-order valence-electron chi connectivity index (χ1n) is 4.54. The monoisotopic (exact) mass is 215 g/mol. The number of hydrogen-bond acceptors (Lipinski definition) is 5. The number of amides is 1. The van der Waals surface area contributed by atoms with Gasteiger partial charge in [-0.1, -0.05) is 0 Å². The van der Waals surface area contributed by atoms with Crippen molar-refractivity contribution >= 4 is 17.4 Å². The van der Waals surface area contributed by atoms with E-state index in [1.54, 1.807) is 24.5 Å². The smallest absolute Gasteiger partial charge is 0.254 e. The zero-order valence-electron chi connectivity index (χ0n) is 8.29. The van der Waals surface area contributed by atoms with Crippen LogP contribution in [0.25, 0.3) is 0 Å². The molecule has 0 spiro atoms. The van der Waals surface area contributed by atoms with Crippen molar-refractivity contribution < 1.29 is 4.79 Å². The summed E-state index contributed by atoms with van der Waals surface area (Å²) in [5, 5.41) is 2.96. The molecule has 6 nitrogen and oxygen atoms in total. The number of primary amides is 1. The Hall–Kier alpha value is -2.50. The van der Waals surface area contributed by atoms with E-state index in [9.17, 15) is 4.79 Å². The second kappa shape index (κ2) is 4.35. The van der Waals surface area contributed by atoms with E-state index in [0.29, 0.717) is 5.82 Å². The van der Waals surface area contributed by atoms with E-state index < -0.39 is 5.91 Å². The number of carbonyl (C=O) groups excluding carboxylic acids is 1. The molecule has 0 saturated carbocycles. The van der Waals surface area contributed by atoms with Crippen LogP contribution in [0.1, 0.15) is 10.4 Å². The van der Waals surface area contributed by atoms with E-state index in [0.717, 1.165) is 5.69 Å². The van der Waals surface area contributed by atoms with Crippen molar-refractivity contribution in [2.24, 2.45) is 5.73 Å². The third-order valence-electron chi connectivity index (χ3n) is 1.92. The number of carbonyl (C=O) groups is 1. The van der Waals surface area contributed by atoms with E-state index in [4.69, 9.17) is 5.73 Å². The van der Waals surface area contributed by atoms with Gasteiger partial charge in [0.2, 0.25) is 0 Å². The van der Waals surface area contributed by atoms with Gasteiger partial charge in [-0.25, -0.2) is 9.97 Å². The van der Waals surface area contributed by atoms with Crippen molar-refractivity contribution in [2.45, 2.75) is 0 Å². The van der Waals surface area contributed by atoms with Crippen LogP contribution in [0.4, 0.5) is 11.5 Å². The molecule has 2 rings (SSSR count). The van der Waals surface area contributed by atoms with E-state index >= 15 is 0 Å². The van der Waals surface area contributed by atoms with Crippen LogP contribution in [0.15, 0.2) is 37.1 Å². The number of nitrogens with one attached hydrogen (secondary N) is 1. The fourth-order valence-electron chi connectivity index (χ4n) is 1.18. The zero-order valence-corrected chi connectivity index (χ0v) is 8.29. The Kier molecular flexibility index (Phi) is 2.73. The predicted octanol–water partition coefficient (Wildman–Crippen LogP) is 0.714. The molecule has 0 atom stereocenters. The maximum absolute atomic E-state index is 11.1. The molecule has 0 aromatic carbocycles. The Balaban J connectivity index is 2.31. The van der Waals surface area contributed by atoms with Crippen molar-refractivity contribution in [2.75, 3.05) is 5.32 Å². The molecule has 0 fully saturated rings. The minimum absolute atomic E-state index is 0.249. The normalized spacial score (nSPS) is 9.75. The van der Waals surface area contributed by atoms with E-state index in [2.05, 4.69) is 20.3 Å². The molecule has 80 valence electrons. The van der Waals surface area contributed by atoms with Gasteiger partial charge in [-0.3, -0.25) is 9.78 Å². The molecule has 0 radical (unpaired) electrons. The largest absolute Gasteiger partial charge is 0.365 e. The SMILES string of the molecule is NC(=O)c1cncnc1Nc1ccncc1. The van der Waals surface area contributed by atoms with Crippen LogP contribution in [0.5, 0.6) is 0 Å². The molecule has 2 heterocycles. The minimum atomic E-state index is -0.572. The van der Waals surface area contributed by atoms with Gasteiger partial charge < -0.3 is 11.1 Å². The Bertz CT molecular complexity index is 500. The third kappa shape index (κ3) is 2.11. The Morgan fingerprint density at radius 2 is 2.00 bits per heavy atom. The Morgan fingerprint density at radius 3 is 2.69 bits per heavy atom. The number of hydrogen-bond donors (Lipinski definition) is 2. The highest BCUT2D eigenvalue weighted by Crippen LogP contribution is 2.15. The van der Waals surface area contributed by atoms with Crippen LogP contribution in [0.3, 0.4) is 0 Å². The number of anilines is 2. The first-order chi connectivity index (χ1) is 7.77. The molecule has 0 aliphatic heterocycles. The summed E-state index contributed by atoms with van der Waals surface area (Å²) >= 11 is 0. The van der Waals surface area contributed by atoms with Crippen molar-refractivity contribution in [1.82, 2.24) is 15.0 Å². The first-order valence-corrected chi connectivity index (χ1v) is 4.54. The molecule has 1 amide bonds. The third-order valence-corrected chi connectivity index (χ3v) is 1.92. The molecule has 2 aromatic heterocycles. The van der Waals surface area contributed by atoms with Gasteiger partial charge in [-0.15, -0.1) is 0 Å². The molecule has 0 saturated heterocycles. The van der Waals surface area contributed by atoms with Crippen molar-refractivity contribution in [3.8, 4) is 0 Å². The molecule has 0 unspecified atom stereocenters. The summed E-state index contributed by atoms with van der Waals surface area (Å²) in [6, 6.07) is 3.51. The quantitative estimate of drug-likeness (QED) is 0.786. The van der Waals surface area contributed by atoms with Crippen LogP contribution >= 0.6 is 0 Å². The molecule has 2 aromatic rings. The van der Waals surface area contributed by atoms with Crippen molar-refractivity contribution in [3.05, 3.63) is 42.6 Å². The van der Waals surface area contributed by atoms with Crippen LogP contribution in [-0.4, -0.2) is 20.9 Å². The molecule has 0 bridgehead atoms. The maximum Gasteiger partial charge on any atom is 0.254 e. The van der Waals surface area contributed by atoms with E-state index in [-0.39, 0.29) is 5.56 Å². The lowest BCUT2D eigenvalue weighted by atomic mass is 10.3. The second-order valence-electron chi connectivity index (χ2n) is 3.01. The van der Waals surface area contributed by atoms with Gasteiger partial charge in [0.15, 0.2) is 0 Å². The highest BCUT2D eigenvalue weighted by atomic mass is 16.1. The number of rotatable bonds is 3. The summed E-state index contributed by atoms with van der Waals surface area (Å²) in [4.78, 5) is 22.7. The molecule has 16 heavy (non-hydrogen) atoms. The number of aromatic nitrogens is 3. The zero-order chi connectivity index (χ0) is 11.4. The Labute approximate surface area is 91.6 Å². The molecule has 0 aliphatic rings. The number of pyridine rings is 1. The van der Waals surface area contributed by atoms with Crippen LogP contribution < -0.4 is 11.1 Å². The van der Waals surface area contributed by atoms with Gasteiger partial charge in [0, 0.05) is 24.3 Å². The maximum atomic E-state index is 11.1. The first kappa shape index (κ1) is 10.0. The number of nitrogens with two attached hydrogens (primary N) is 1.